The van der Waals surface area contributed by atoms with Gasteiger partial charge < -0.3 is 136 Å². The average Bonchev–Trinajstić information content (AvgIpc) is 1.57. The van der Waals surface area contributed by atoms with Gasteiger partial charge in [-0.25, -0.2) is 4.98 Å². The molecule has 25 N–H and O–H groups in total. The zero-order valence-corrected chi connectivity index (χ0v) is 75.4. The number of rotatable bonds is 25. The number of hydrogen-bond donors (Lipinski definition) is 21. The van der Waals surface area contributed by atoms with Gasteiger partial charge in [-0.1, -0.05) is 68.3 Å². The minimum Gasteiger partial charge on any atom is -0.508 e. The van der Waals surface area contributed by atoms with Crippen LogP contribution in [0.2, 0.25) is 0 Å². The van der Waals surface area contributed by atoms with Crippen LogP contribution in [-0.4, -0.2) is 333 Å². The van der Waals surface area contributed by atoms with E-state index in [9.17, 15) is 78.0 Å². The monoisotopic (exact) mass is 1880 g/mol. The van der Waals surface area contributed by atoms with Gasteiger partial charge in [-0.05, 0) is 92.9 Å². The van der Waals surface area contributed by atoms with Crippen LogP contribution in [0.4, 0.5) is 0 Å². The number of para-hydroxylation sites is 2. The molecule has 9 rings (SSSR count). The van der Waals surface area contributed by atoms with Crippen LogP contribution in [0.3, 0.4) is 0 Å². The molecule has 3 aromatic carbocycles. The number of aromatic amines is 3. The molecule has 46 nitrogen and oxygen atoms in total. The topological polar surface area (TPSA) is 706 Å². The molecule has 0 bridgehead atoms. The van der Waals surface area contributed by atoms with E-state index in [1.807, 2.05) is 0 Å². The van der Waals surface area contributed by atoms with Crippen LogP contribution in [0.25, 0.3) is 21.8 Å². The molecule has 15 atom stereocenters. The van der Waals surface area contributed by atoms with Gasteiger partial charge in [0.25, 0.3) is 0 Å². The number of aromatic nitrogens is 4. The number of H-pyrrole nitrogens is 3. The summed E-state index contributed by atoms with van der Waals surface area (Å²) in [7, 11) is 3.58. The average molecular weight is 1890 g/mol. The number of aliphatic carboxylic acids is 2. The Morgan fingerprint density at radius 3 is 1.66 bits per heavy atom. The maximum absolute atomic E-state index is 15.7. The molecule has 3 aliphatic heterocycles. The summed E-state index contributed by atoms with van der Waals surface area (Å²) in [5.74, 6) is -21.9. The summed E-state index contributed by atoms with van der Waals surface area (Å²) in [5, 5.41) is 68.5. The number of primary amides is 2. The minimum atomic E-state index is -1.86. The van der Waals surface area contributed by atoms with Crippen LogP contribution in [0, 0.1) is 0 Å². The predicted octanol–water partition coefficient (Wildman–Crippen LogP) is -5.38. The van der Waals surface area contributed by atoms with Gasteiger partial charge in [0.1, 0.15) is 90.3 Å². The molecule has 134 heavy (non-hydrogen) atoms. The molecular weight excluding hydrogens is 1770 g/mol. The molecule has 3 aromatic heterocycles. The smallest absolute Gasteiger partial charge is 0.303 e. The van der Waals surface area contributed by atoms with Crippen molar-refractivity contribution in [3.05, 3.63) is 120 Å². The Labute approximate surface area is 772 Å². The number of benzene rings is 3. The number of phenols is 1. The summed E-state index contributed by atoms with van der Waals surface area (Å²) in [5.41, 5.74) is 26.0. The SMILES string of the molecule is CCCC[C@H]1C(=O)N(C)[C@@H](CCC(=O)O)C(=O)N[C@@H](CN)C(=O)N[C@H](C(=O)NCC(N)=O)CSCC(=O)N[C@@H](Cc2ccc(O)cc2)C(=O)N(C)[C@@H](C)C(=O)N[C@@H](CC(N)=O)C(=O)N2CCC[C@H]2C(=O)N[C@@H](Cc2c[nH]cn2)C(=O)N[C@@H](CCC(=O)O)C(=O)N2C[C@H](O)C[C@H]2C(=O)N[C@@H](Cc2c[nH]c3ccccc23)C(=O)N[C@@H](CCN)C(=O)N[C@@H](Cc2c[nH]c3ccccc23)C(=O)N1C. The summed E-state index contributed by atoms with van der Waals surface area (Å²) in [6, 6.07) is -4.16. The van der Waals surface area contributed by atoms with E-state index < -0.39 is 279 Å². The van der Waals surface area contributed by atoms with E-state index in [0.29, 0.717) is 56.7 Å². The Kier molecular flexibility index (Phi) is 37.8. The van der Waals surface area contributed by atoms with Crippen molar-refractivity contribution in [2.45, 2.75) is 207 Å². The standard InChI is InChI=1S/C87H117N23O23S/c1-6-7-17-67-87(133)107(4)65(24-26-73(118)119)80(126)104-63(36-89)79(125)105-64(75(121)95-40-70(91)114)42-134-43-71(115)97-60(30-46-19-21-50(111)22-20-46)83(129)106(3)45(2)74(120)102-62(35-69(90)113)86(132)109-29-12-18-66(109)81(127)101-59(33-49-39-92-44-96-49)78(124)99-57(23-25-72(116)117)85(131)110-41-51(112)34-68(110)82(128)100-58(31-47-37-93-54-15-10-8-13-52(47)54)77(123)98-56(27-28-88)76(122)103-61(84(130)108(67)5)32-48-38-94-55-16-11-9-14-53(48)55/h8-11,13-16,19-22,37-39,44-45,51,56-68,93-94,111-112H,6-7,12,17-18,23-36,40-43,88-89H2,1-5H3,(H2,90,113)(H2,91,114)(H,92,96)(H,95,121)(H,97,115)(H,98,123)(H,99,124)(H,100,128)(H,101,127)(H,102,120)(H,103,122)(H,104,126)(H,105,125)(H,116,117)(H,118,119)/t45-,51+,56-,57-,58-,59-,60-,61-,62-,63-,64-,65-,66-,67-,68-/m0/s1. The van der Waals surface area contributed by atoms with Crippen molar-refractivity contribution >= 4 is 146 Å². The van der Waals surface area contributed by atoms with Crippen LogP contribution in [0.15, 0.2) is 97.7 Å². The molecular formula is C87H117N23O23S. The molecule has 0 radical (unpaired) electrons. The Bertz CT molecular complexity index is 5270. The van der Waals surface area contributed by atoms with E-state index in [-0.39, 0.29) is 75.9 Å². The first kappa shape index (κ1) is 104. The van der Waals surface area contributed by atoms with Crippen molar-refractivity contribution in [1.29, 1.82) is 0 Å². The number of carbonyl (C=O) groups is 19. The molecule has 3 saturated heterocycles. The first-order valence-corrected chi connectivity index (χ1v) is 44.9. The van der Waals surface area contributed by atoms with Crippen LogP contribution in [0.1, 0.15) is 113 Å². The molecule has 17 amide bonds. The van der Waals surface area contributed by atoms with E-state index in [1.165, 1.54) is 57.8 Å². The van der Waals surface area contributed by atoms with Gasteiger partial charge >= 0.3 is 11.9 Å². The number of amides is 17. The number of carboxylic acids is 2. The number of aromatic hydroxyl groups is 1. The highest BCUT2D eigenvalue weighted by molar-refractivity contribution is 8.00. The second kappa shape index (κ2) is 48.9. The van der Waals surface area contributed by atoms with Gasteiger partial charge in [-0.2, -0.15) is 0 Å². The number of nitrogens with one attached hydrogen (secondary N) is 13. The molecule has 0 aliphatic carbocycles. The third-order valence-electron chi connectivity index (χ3n) is 23.6. The number of unbranched alkanes of at least 4 members (excludes halogenated alkanes) is 1. The van der Waals surface area contributed by atoms with Gasteiger partial charge in [-0.15, -0.1) is 11.8 Å². The van der Waals surface area contributed by atoms with Gasteiger partial charge in [0.15, 0.2) is 0 Å². The van der Waals surface area contributed by atoms with Gasteiger partial charge in [0.2, 0.25) is 100 Å². The zero-order valence-electron chi connectivity index (χ0n) is 74.6. The summed E-state index contributed by atoms with van der Waals surface area (Å²) < 4.78 is 0. The van der Waals surface area contributed by atoms with Gasteiger partial charge in [-0.3, -0.25) is 91.1 Å². The fourth-order valence-corrected chi connectivity index (χ4v) is 17.0. The van der Waals surface area contributed by atoms with Crippen molar-refractivity contribution in [1.82, 2.24) is 97.6 Å². The number of likely N-dealkylation sites (N-methyl/N-ethyl adjacent to an activating group) is 3. The molecule has 6 heterocycles. The number of phenolic OH excluding ortho intramolecular Hbond substituents is 1. The fraction of sp³-hybridized carbons (Fsp3) is 0.494. The number of hydrogen-bond acceptors (Lipinski definition) is 25. The lowest BCUT2D eigenvalue weighted by atomic mass is 10.00. The van der Waals surface area contributed by atoms with E-state index in [1.54, 1.807) is 67.8 Å². The molecule has 47 heteroatoms. The van der Waals surface area contributed by atoms with Crippen LogP contribution in [-0.2, 0) is 117 Å². The lowest BCUT2D eigenvalue weighted by molar-refractivity contribution is -0.150. The Morgan fingerprint density at radius 2 is 1.07 bits per heavy atom. The highest BCUT2D eigenvalue weighted by atomic mass is 32.2. The lowest BCUT2D eigenvalue weighted by Gasteiger charge is -2.36. The number of carboxylic acid groups (broad SMARTS) is 2. The molecule has 0 saturated carbocycles. The number of aliphatic hydroxyl groups is 1. The largest absolute Gasteiger partial charge is 0.508 e. The van der Waals surface area contributed by atoms with Crippen molar-refractivity contribution in [2.75, 3.05) is 65.4 Å². The Hall–Kier alpha value is -14.1. The number of fused-ring (bicyclic) bond motifs is 4. The Morgan fingerprint density at radius 1 is 0.530 bits per heavy atom. The van der Waals surface area contributed by atoms with Crippen LogP contribution < -0.4 is 76.1 Å². The van der Waals surface area contributed by atoms with Crippen LogP contribution >= 0.6 is 11.8 Å². The number of carbonyl (C=O) groups excluding carboxylic acids is 17. The summed E-state index contributed by atoms with van der Waals surface area (Å²) in [6.07, 6.45) is -1.08. The first-order chi connectivity index (χ1) is 63.8. The normalized spacial score (nSPS) is 24.8. The Balaban J connectivity index is 1.10. The predicted molar refractivity (Wildman–Crippen MR) is 481 cm³/mol. The lowest BCUT2D eigenvalue weighted by Crippen LogP contribution is -2.62. The summed E-state index contributed by atoms with van der Waals surface area (Å²) in [4.78, 5) is 291. The van der Waals surface area contributed by atoms with Gasteiger partial charge in [0.05, 0.1) is 36.8 Å². The van der Waals surface area contributed by atoms with E-state index >= 15 is 33.6 Å². The van der Waals surface area contributed by atoms with Crippen molar-refractivity contribution in [3.8, 4) is 5.75 Å². The second-order valence-electron chi connectivity index (χ2n) is 33.2. The molecule has 0 unspecified atom stereocenters. The van der Waals surface area contributed by atoms with E-state index in [4.69, 9.17) is 22.9 Å². The highest BCUT2D eigenvalue weighted by Gasteiger charge is 2.47. The summed E-state index contributed by atoms with van der Waals surface area (Å²) in [6.45, 7) is 0.428. The molecule has 3 aliphatic rings. The molecule has 6 aromatic rings. The minimum absolute atomic E-state index is 0.0868. The van der Waals surface area contributed by atoms with E-state index in [2.05, 4.69) is 73.1 Å². The van der Waals surface area contributed by atoms with Crippen molar-refractivity contribution in [3.63, 3.8) is 0 Å². The summed E-state index contributed by atoms with van der Waals surface area (Å²) >= 11 is 0.694. The molecule has 0 spiro atoms. The number of nitrogens with zero attached hydrogens (tertiary/aromatic N) is 6. The quantitative estimate of drug-likeness (QED) is 0.0254. The van der Waals surface area contributed by atoms with E-state index in [0.717, 1.165) is 31.5 Å². The zero-order chi connectivity index (χ0) is 97.9. The second-order valence-corrected chi connectivity index (χ2v) is 34.2. The third-order valence-corrected chi connectivity index (χ3v) is 24.6. The van der Waals surface area contributed by atoms with Crippen LogP contribution in [0.5, 0.6) is 5.75 Å². The first-order valence-electron chi connectivity index (χ1n) is 43.7. The highest BCUT2D eigenvalue weighted by Crippen LogP contribution is 2.28. The van der Waals surface area contributed by atoms with Crippen molar-refractivity contribution < 1.29 is 112 Å². The molecule has 724 valence electrons. The third kappa shape index (κ3) is 28.2. The number of aliphatic hydroxyl groups excluding tert-OH is 1. The molecule has 3 fully saturated rings. The number of imidazole rings is 1. The fourth-order valence-electron chi connectivity index (χ4n) is 16.2. The number of nitrogens with two attached hydrogens (primary N) is 4. The number of thioether (sulfide) groups is 1. The van der Waals surface area contributed by atoms with Crippen molar-refractivity contribution in [2.24, 2.45) is 22.9 Å². The van der Waals surface area contributed by atoms with Gasteiger partial charge in [0, 0.05) is 132 Å². The maximum Gasteiger partial charge on any atom is 0.303 e. The maximum atomic E-state index is 15.7.